The number of hydrogen-bond donors (Lipinski definition) is 1. The monoisotopic (exact) mass is 413 g/mol. The molecule has 160 valence electrons. The van der Waals surface area contributed by atoms with Crippen LogP contribution in [-0.2, 0) is 16.1 Å². The summed E-state index contributed by atoms with van der Waals surface area (Å²) >= 11 is 0. The highest BCUT2D eigenvalue weighted by atomic mass is 19.4. The summed E-state index contributed by atoms with van der Waals surface area (Å²) in [5.74, 6) is -0.925. The second kappa shape index (κ2) is 8.98. The Morgan fingerprint density at radius 2 is 1.97 bits per heavy atom. The molecule has 2 fully saturated rings. The van der Waals surface area contributed by atoms with E-state index in [4.69, 9.17) is 0 Å². The third-order valence-corrected chi connectivity index (χ3v) is 5.37. The summed E-state index contributed by atoms with van der Waals surface area (Å²) in [6.45, 7) is 5.73. The molecule has 1 N–H and O–H groups in total. The number of rotatable bonds is 6. The van der Waals surface area contributed by atoms with Gasteiger partial charge in [0.2, 0.25) is 11.8 Å². The predicted octanol–water partition coefficient (Wildman–Crippen LogP) is 1.25. The summed E-state index contributed by atoms with van der Waals surface area (Å²) in [7, 11) is 0. The lowest BCUT2D eigenvalue weighted by Gasteiger charge is -2.34. The van der Waals surface area contributed by atoms with Crippen molar-refractivity contribution in [1.82, 2.24) is 20.1 Å². The predicted molar refractivity (Wildman–Crippen MR) is 101 cm³/mol. The lowest BCUT2D eigenvalue weighted by atomic mass is 10.1. The van der Waals surface area contributed by atoms with Gasteiger partial charge in [0, 0.05) is 51.9 Å². The van der Waals surface area contributed by atoms with Crippen LogP contribution in [0.5, 0.6) is 0 Å². The van der Waals surface area contributed by atoms with Crippen LogP contribution in [0.15, 0.2) is 18.3 Å². The molecule has 2 aliphatic rings. The molecule has 1 atom stereocenters. The minimum Gasteiger partial charge on any atom is -0.354 e. The Bertz CT molecular complexity index is 718. The molecule has 3 rings (SSSR count). The summed E-state index contributed by atoms with van der Waals surface area (Å²) in [6.07, 6.45) is -2.96. The van der Waals surface area contributed by atoms with Crippen molar-refractivity contribution in [1.29, 1.82) is 0 Å². The number of halogens is 3. The molecule has 1 aromatic heterocycles. The number of nitrogens with zero attached hydrogens (tertiary/aromatic N) is 4. The van der Waals surface area contributed by atoms with Crippen molar-refractivity contribution in [2.24, 2.45) is 5.92 Å². The SMILES string of the molecule is CCN1CCN(c2ccc(CNC(=O)C3CC(=O)N(CC(F)(F)F)C3)cn2)CC1. The average Bonchev–Trinajstić information content (AvgIpc) is 3.05. The lowest BCUT2D eigenvalue weighted by Crippen LogP contribution is -2.46. The highest BCUT2D eigenvalue weighted by Crippen LogP contribution is 2.24. The van der Waals surface area contributed by atoms with Crippen molar-refractivity contribution >= 4 is 17.6 Å². The molecule has 0 spiro atoms. The number of pyridine rings is 1. The summed E-state index contributed by atoms with van der Waals surface area (Å²) in [5.41, 5.74) is 0.797. The van der Waals surface area contributed by atoms with Gasteiger partial charge in [0.25, 0.3) is 0 Å². The van der Waals surface area contributed by atoms with Crippen molar-refractivity contribution in [3.8, 4) is 0 Å². The zero-order valence-corrected chi connectivity index (χ0v) is 16.4. The van der Waals surface area contributed by atoms with Crippen LogP contribution < -0.4 is 10.2 Å². The molecule has 0 aliphatic carbocycles. The third-order valence-electron chi connectivity index (χ3n) is 5.37. The molecular formula is C19H26F3N5O2. The van der Waals surface area contributed by atoms with Crippen LogP contribution in [0.1, 0.15) is 18.9 Å². The van der Waals surface area contributed by atoms with Crippen LogP contribution in [0.3, 0.4) is 0 Å². The summed E-state index contributed by atoms with van der Waals surface area (Å²) in [4.78, 5) is 33.7. The quantitative estimate of drug-likeness (QED) is 0.760. The molecule has 0 radical (unpaired) electrons. The summed E-state index contributed by atoms with van der Waals surface area (Å²) < 4.78 is 37.4. The maximum atomic E-state index is 12.5. The Balaban J connectivity index is 1.46. The van der Waals surface area contributed by atoms with E-state index < -0.39 is 30.5 Å². The number of hydrogen-bond acceptors (Lipinski definition) is 5. The molecule has 0 bridgehead atoms. The maximum Gasteiger partial charge on any atom is 0.406 e. The fourth-order valence-electron chi connectivity index (χ4n) is 3.65. The Morgan fingerprint density at radius 3 is 2.55 bits per heavy atom. The van der Waals surface area contributed by atoms with Crippen LogP contribution in [0.4, 0.5) is 19.0 Å². The molecule has 1 aromatic rings. The van der Waals surface area contributed by atoms with Crippen molar-refractivity contribution in [2.75, 3.05) is 50.7 Å². The zero-order chi connectivity index (χ0) is 21.0. The Labute approximate surface area is 167 Å². The van der Waals surface area contributed by atoms with E-state index in [0.717, 1.165) is 44.1 Å². The first kappa shape index (κ1) is 21.4. The maximum absolute atomic E-state index is 12.5. The molecular weight excluding hydrogens is 387 g/mol. The number of nitrogens with one attached hydrogen (secondary N) is 1. The number of likely N-dealkylation sites (tertiary alicyclic amines) is 1. The molecule has 7 nitrogen and oxygen atoms in total. The number of carbonyl (C=O) groups excluding carboxylic acids is 2. The second-order valence-corrected chi connectivity index (χ2v) is 7.45. The summed E-state index contributed by atoms with van der Waals surface area (Å²) in [5, 5.41) is 2.70. The van der Waals surface area contributed by atoms with Gasteiger partial charge in [-0.05, 0) is 18.2 Å². The van der Waals surface area contributed by atoms with E-state index in [1.54, 1.807) is 6.20 Å². The van der Waals surface area contributed by atoms with Crippen LogP contribution in [0, 0.1) is 5.92 Å². The number of carbonyl (C=O) groups is 2. The highest BCUT2D eigenvalue weighted by Gasteiger charge is 2.40. The lowest BCUT2D eigenvalue weighted by molar-refractivity contribution is -0.157. The second-order valence-electron chi connectivity index (χ2n) is 7.45. The summed E-state index contributed by atoms with van der Waals surface area (Å²) in [6, 6.07) is 3.79. The first-order valence-electron chi connectivity index (χ1n) is 9.79. The van der Waals surface area contributed by atoms with Crippen molar-refractivity contribution in [3.05, 3.63) is 23.9 Å². The fourth-order valence-corrected chi connectivity index (χ4v) is 3.65. The van der Waals surface area contributed by atoms with Gasteiger partial charge < -0.3 is 20.0 Å². The topological polar surface area (TPSA) is 68.8 Å². The molecule has 3 heterocycles. The van der Waals surface area contributed by atoms with E-state index in [2.05, 4.69) is 27.0 Å². The molecule has 2 aliphatic heterocycles. The van der Waals surface area contributed by atoms with Gasteiger partial charge in [-0.15, -0.1) is 0 Å². The Morgan fingerprint density at radius 1 is 1.24 bits per heavy atom. The van der Waals surface area contributed by atoms with Gasteiger partial charge in [0.15, 0.2) is 0 Å². The first-order valence-corrected chi connectivity index (χ1v) is 9.79. The van der Waals surface area contributed by atoms with Gasteiger partial charge in [-0.3, -0.25) is 9.59 Å². The first-order chi connectivity index (χ1) is 13.7. The minimum atomic E-state index is -4.46. The van der Waals surface area contributed by atoms with Crippen LogP contribution in [0.2, 0.25) is 0 Å². The number of amides is 2. The molecule has 2 saturated heterocycles. The van der Waals surface area contributed by atoms with Crippen LogP contribution in [-0.4, -0.2) is 78.6 Å². The van der Waals surface area contributed by atoms with Gasteiger partial charge in [-0.1, -0.05) is 13.0 Å². The van der Waals surface area contributed by atoms with Crippen molar-refractivity contribution in [3.63, 3.8) is 0 Å². The van der Waals surface area contributed by atoms with Gasteiger partial charge >= 0.3 is 6.18 Å². The Hall–Kier alpha value is -2.36. The van der Waals surface area contributed by atoms with Crippen molar-refractivity contribution in [2.45, 2.75) is 26.1 Å². The molecule has 10 heteroatoms. The number of piperazine rings is 1. The normalized spacial score (nSPS) is 21.0. The number of anilines is 1. The van der Waals surface area contributed by atoms with E-state index in [-0.39, 0.29) is 19.5 Å². The third kappa shape index (κ3) is 5.81. The number of aromatic nitrogens is 1. The van der Waals surface area contributed by atoms with E-state index in [9.17, 15) is 22.8 Å². The van der Waals surface area contributed by atoms with E-state index in [1.807, 2.05) is 12.1 Å². The number of alkyl halides is 3. The molecule has 2 amide bonds. The van der Waals surface area contributed by atoms with Crippen molar-refractivity contribution < 1.29 is 22.8 Å². The molecule has 0 aromatic carbocycles. The largest absolute Gasteiger partial charge is 0.406 e. The highest BCUT2D eigenvalue weighted by molar-refractivity contribution is 5.89. The molecule has 1 unspecified atom stereocenters. The fraction of sp³-hybridized carbons (Fsp3) is 0.632. The average molecular weight is 413 g/mol. The molecule has 29 heavy (non-hydrogen) atoms. The van der Waals surface area contributed by atoms with E-state index in [0.29, 0.717) is 4.90 Å². The van der Waals surface area contributed by atoms with Crippen LogP contribution >= 0.6 is 0 Å². The number of likely N-dealkylation sites (N-methyl/N-ethyl adjacent to an activating group) is 1. The Kier molecular flexibility index (Phi) is 6.61. The van der Waals surface area contributed by atoms with Gasteiger partial charge in [0.05, 0.1) is 5.92 Å². The smallest absolute Gasteiger partial charge is 0.354 e. The van der Waals surface area contributed by atoms with E-state index >= 15 is 0 Å². The van der Waals surface area contributed by atoms with Crippen LogP contribution in [0.25, 0.3) is 0 Å². The minimum absolute atomic E-state index is 0.192. The zero-order valence-electron chi connectivity index (χ0n) is 16.4. The standard InChI is InChI=1S/C19H26F3N5O2/c1-2-25-5-7-26(8-6-25)16-4-3-14(10-23-16)11-24-18(29)15-9-17(28)27(12-15)13-19(20,21)22/h3-4,10,15H,2,5-9,11-13H2,1H3,(H,24,29). The van der Waals surface area contributed by atoms with Gasteiger partial charge in [0.1, 0.15) is 12.4 Å². The van der Waals surface area contributed by atoms with Gasteiger partial charge in [-0.2, -0.15) is 13.2 Å². The van der Waals surface area contributed by atoms with E-state index in [1.165, 1.54) is 0 Å². The van der Waals surface area contributed by atoms with Gasteiger partial charge in [-0.25, -0.2) is 4.98 Å². The molecule has 0 saturated carbocycles.